The number of nitrogens with two attached hydrogens (primary N) is 1. The Labute approximate surface area is 110 Å². The van der Waals surface area contributed by atoms with Gasteiger partial charge in [0.05, 0.1) is 12.2 Å². The molecule has 3 N–H and O–H groups in total. The molecule has 0 bridgehead atoms. The highest BCUT2D eigenvalue weighted by Crippen LogP contribution is 2.18. The Bertz CT molecular complexity index is 655. The molecule has 1 heterocycles. The topological polar surface area (TPSA) is 90.0 Å². The summed E-state index contributed by atoms with van der Waals surface area (Å²) < 4.78 is 40.9. The Morgan fingerprint density at radius 1 is 1.42 bits per heavy atom. The van der Waals surface area contributed by atoms with Crippen LogP contribution in [0.1, 0.15) is 0 Å². The number of nitrogen functional groups attached to an aromatic ring is 1. The van der Waals surface area contributed by atoms with E-state index in [9.17, 15) is 12.8 Å². The van der Waals surface area contributed by atoms with Gasteiger partial charge in [-0.25, -0.2) is 17.5 Å². The van der Waals surface area contributed by atoms with Gasteiger partial charge in [0.1, 0.15) is 10.7 Å². The summed E-state index contributed by atoms with van der Waals surface area (Å²) in [6, 6.07) is 4.96. The summed E-state index contributed by atoms with van der Waals surface area (Å²) >= 11 is 0. The zero-order valence-electron chi connectivity index (χ0n) is 9.95. The van der Waals surface area contributed by atoms with Crippen molar-refractivity contribution >= 4 is 15.7 Å². The van der Waals surface area contributed by atoms with Crippen molar-refractivity contribution in [2.75, 3.05) is 12.3 Å². The number of anilines is 1. The summed E-state index contributed by atoms with van der Waals surface area (Å²) in [6.07, 6.45) is 3.31. The predicted molar refractivity (Wildman–Crippen MR) is 68.2 cm³/mol. The fraction of sp³-hybridized carbons (Fsp3) is 0.182. The van der Waals surface area contributed by atoms with Crippen LogP contribution < -0.4 is 10.5 Å². The molecular weight excluding hydrogens is 271 g/mol. The molecule has 0 unspecified atom stereocenters. The number of hydrogen-bond acceptors (Lipinski definition) is 4. The third-order valence-corrected chi connectivity index (χ3v) is 3.97. The molecule has 0 spiro atoms. The van der Waals surface area contributed by atoms with Crippen LogP contribution in [0, 0.1) is 5.82 Å². The van der Waals surface area contributed by atoms with Gasteiger partial charge in [-0.1, -0.05) is 0 Å². The van der Waals surface area contributed by atoms with Crippen LogP contribution in [0.2, 0.25) is 0 Å². The molecular formula is C11H13FN4O2S. The predicted octanol–water partition coefficient (Wildman–Crippen LogP) is 0.583. The summed E-state index contributed by atoms with van der Waals surface area (Å²) in [5.41, 5.74) is 5.55. The van der Waals surface area contributed by atoms with E-state index in [0.717, 1.165) is 12.1 Å². The largest absolute Gasteiger partial charge is 0.398 e. The van der Waals surface area contributed by atoms with Gasteiger partial charge in [0.2, 0.25) is 10.0 Å². The van der Waals surface area contributed by atoms with E-state index in [-0.39, 0.29) is 17.1 Å². The number of sulfonamides is 1. The summed E-state index contributed by atoms with van der Waals surface area (Å²) in [5, 5.41) is 3.94. The van der Waals surface area contributed by atoms with Crippen LogP contribution in [0.4, 0.5) is 10.1 Å². The van der Waals surface area contributed by atoms with E-state index in [1.54, 1.807) is 23.1 Å². The lowest BCUT2D eigenvalue weighted by atomic mass is 10.3. The molecule has 0 radical (unpaired) electrons. The van der Waals surface area contributed by atoms with Gasteiger partial charge in [-0.15, -0.1) is 0 Å². The molecule has 0 aliphatic rings. The zero-order valence-corrected chi connectivity index (χ0v) is 10.8. The lowest BCUT2D eigenvalue weighted by Crippen LogP contribution is -2.28. The second-order valence-electron chi connectivity index (χ2n) is 3.85. The van der Waals surface area contributed by atoms with Gasteiger partial charge in [-0.3, -0.25) is 4.68 Å². The lowest BCUT2D eigenvalue weighted by molar-refractivity contribution is 0.559. The number of halogens is 1. The standard InChI is InChI=1S/C11H13FN4O2S/c12-9-2-3-10(13)11(8-9)19(17,18)15-5-7-16-6-1-4-14-16/h1-4,6,8,15H,5,7,13H2. The number of benzene rings is 1. The molecule has 0 saturated carbocycles. The maximum Gasteiger partial charge on any atom is 0.242 e. The molecule has 8 heteroatoms. The van der Waals surface area contributed by atoms with Crippen molar-refractivity contribution in [1.82, 2.24) is 14.5 Å². The Morgan fingerprint density at radius 2 is 2.21 bits per heavy atom. The van der Waals surface area contributed by atoms with Crippen LogP contribution in [0.25, 0.3) is 0 Å². The maximum atomic E-state index is 13.1. The average Bonchev–Trinajstić information content (AvgIpc) is 2.85. The first-order chi connectivity index (χ1) is 8.99. The Hall–Kier alpha value is -1.93. The molecule has 1 aromatic heterocycles. The van der Waals surface area contributed by atoms with Gasteiger partial charge >= 0.3 is 0 Å². The molecule has 0 amide bonds. The summed E-state index contributed by atoms with van der Waals surface area (Å²) in [4.78, 5) is -0.257. The van der Waals surface area contributed by atoms with Gasteiger partial charge in [-0.2, -0.15) is 5.10 Å². The van der Waals surface area contributed by atoms with E-state index >= 15 is 0 Å². The van der Waals surface area contributed by atoms with Crippen LogP contribution in [0.15, 0.2) is 41.6 Å². The number of nitrogens with one attached hydrogen (secondary N) is 1. The van der Waals surface area contributed by atoms with Gasteiger partial charge in [0.15, 0.2) is 0 Å². The van der Waals surface area contributed by atoms with Crippen molar-refractivity contribution < 1.29 is 12.8 Å². The fourth-order valence-electron chi connectivity index (χ4n) is 1.55. The van der Waals surface area contributed by atoms with Crippen molar-refractivity contribution in [1.29, 1.82) is 0 Å². The molecule has 0 aliphatic carbocycles. The summed E-state index contributed by atoms with van der Waals surface area (Å²) in [5.74, 6) is -0.651. The van der Waals surface area contributed by atoms with Crippen LogP contribution in [0.3, 0.4) is 0 Å². The molecule has 0 saturated heterocycles. The van der Waals surface area contributed by atoms with E-state index in [4.69, 9.17) is 5.73 Å². The number of aromatic nitrogens is 2. The molecule has 19 heavy (non-hydrogen) atoms. The molecule has 2 rings (SSSR count). The summed E-state index contributed by atoms with van der Waals surface area (Å²) in [6.45, 7) is 0.515. The maximum absolute atomic E-state index is 13.1. The van der Waals surface area contributed by atoms with Gasteiger partial charge in [-0.05, 0) is 24.3 Å². The minimum absolute atomic E-state index is 0.00740. The molecule has 1 aromatic carbocycles. The van der Waals surface area contributed by atoms with E-state index in [0.29, 0.717) is 6.54 Å². The van der Waals surface area contributed by atoms with Crippen LogP contribution in [0.5, 0.6) is 0 Å². The minimum atomic E-state index is -3.82. The Balaban J connectivity index is 2.07. The van der Waals surface area contributed by atoms with E-state index in [1.807, 2.05) is 0 Å². The lowest BCUT2D eigenvalue weighted by Gasteiger charge is -2.09. The van der Waals surface area contributed by atoms with Crippen molar-refractivity contribution in [3.63, 3.8) is 0 Å². The molecule has 102 valence electrons. The van der Waals surface area contributed by atoms with Gasteiger partial charge in [0.25, 0.3) is 0 Å². The normalized spacial score (nSPS) is 11.6. The number of hydrogen-bond donors (Lipinski definition) is 2. The van der Waals surface area contributed by atoms with E-state index in [1.165, 1.54) is 6.07 Å². The number of rotatable bonds is 5. The smallest absolute Gasteiger partial charge is 0.242 e. The van der Waals surface area contributed by atoms with Crippen LogP contribution >= 0.6 is 0 Å². The van der Waals surface area contributed by atoms with Crippen molar-refractivity contribution in [2.45, 2.75) is 11.4 Å². The SMILES string of the molecule is Nc1ccc(F)cc1S(=O)(=O)NCCn1cccn1. The van der Waals surface area contributed by atoms with Crippen molar-refractivity contribution in [2.24, 2.45) is 0 Å². The first-order valence-electron chi connectivity index (χ1n) is 5.51. The zero-order chi connectivity index (χ0) is 13.9. The van der Waals surface area contributed by atoms with Crippen molar-refractivity contribution in [3.05, 3.63) is 42.5 Å². The molecule has 0 aliphatic heterocycles. The first-order valence-corrected chi connectivity index (χ1v) is 6.99. The minimum Gasteiger partial charge on any atom is -0.398 e. The van der Waals surface area contributed by atoms with E-state index < -0.39 is 15.8 Å². The monoisotopic (exact) mass is 284 g/mol. The molecule has 0 fully saturated rings. The highest BCUT2D eigenvalue weighted by atomic mass is 32.2. The van der Waals surface area contributed by atoms with Crippen LogP contribution in [-0.2, 0) is 16.6 Å². The number of nitrogens with zero attached hydrogens (tertiary/aromatic N) is 2. The third-order valence-electron chi connectivity index (χ3n) is 2.46. The van der Waals surface area contributed by atoms with Crippen molar-refractivity contribution in [3.8, 4) is 0 Å². The molecule has 2 aromatic rings. The quantitative estimate of drug-likeness (QED) is 0.786. The average molecular weight is 284 g/mol. The molecule has 6 nitrogen and oxygen atoms in total. The first kappa shape index (κ1) is 13.5. The Kier molecular flexibility index (Phi) is 3.82. The second kappa shape index (κ2) is 5.37. The highest BCUT2D eigenvalue weighted by molar-refractivity contribution is 7.89. The van der Waals surface area contributed by atoms with Crippen LogP contribution in [-0.4, -0.2) is 24.7 Å². The fourth-order valence-corrected chi connectivity index (χ4v) is 2.71. The summed E-state index contributed by atoms with van der Waals surface area (Å²) in [7, 11) is -3.82. The van der Waals surface area contributed by atoms with E-state index in [2.05, 4.69) is 9.82 Å². The Morgan fingerprint density at radius 3 is 2.89 bits per heavy atom. The second-order valence-corrected chi connectivity index (χ2v) is 5.58. The van der Waals surface area contributed by atoms with Gasteiger partial charge < -0.3 is 5.73 Å². The third kappa shape index (κ3) is 3.30. The molecule has 0 atom stereocenters. The van der Waals surface area contributed by atoms with Gasteiger partial charge in [0, 0.05) is 18.9 Å². The highest BCUT2D eigenvalue weighted by Gasteiger charge is 2.17.